The molecule has 3 aromatic rings. The lowest BCUT2D eigenvalue weighted by Gasteiger charge is -2.40. The predicted octanol–water partition coefficient (Wildman–Crippen LogP) is 2.47. The summed E-state index contributed by atoms with van der Waals surface area (Å²) in [5.74, 6) is 0.934. The number of allylic oxidation sites excluding steroid dienone is 1. The maximum atomic E-state index is 6.56. The minimum absolute atomic E-state index is 0.934. The Hall–Kier alpha value is -2.81. The Bertz CT molecular complexity index is 820. The molecule has 0 radical (unpaired) electrons. The van der Waals surface area contributed by atoms with Gasteiger partial charge in [0.1, 0.15) is 6.20 Å². The third-order valence-corrected chi connectivity index (χ3v) is 4.53. The average Bonchev–Trinajstić information content (AvgIpc) is 2.62. The van der Waals surface area contributed by atoms with Crippen LogP contribution in [0, 0.1) is 0 Å². The highest BCUT2D eigenvalue weighted by molar-refractivity contribution is 6.91. The van der Waals surface area contributed by atoms with Crippen LogP contribution in [0.4, 0.5) is 0 Å². The van der Waals surface area contributed by atoms with Crippen LogP contribution >= 0.6 is 0 Å². The van der Waals surface area contributed by atoms with Crippen LogP contribution in [-0.2, 0) is 4.65 Å². The smallest absolute Gasteiger partial charge is 0.513 e. The first-order chi connectivity index (χ1) is 11.3. The maximum absolute atomic E-state index is 6.56. The molecule has 0 amide bonds. The number of benzene rings is 2. The Morgan fingerprint density at radius 1 is 0.739 bits per heavy atom. The van der Waals surface area contributed by atoms with Crippen molar-refractivity contribution in [2.45, 2.75) is 6.92 Å². The Balaban J connectivity index is 2.08. The lowest BCUT2D eigenvalue weighted by Crippen LogP contribution is -2.81. The summed E-state index contributed by atoms with van der Waals surface area (Å²) in [6.45, 7) is 0.495. The molecule has 0 saturated heterocycles. The van der Waals surface area contributed by atoms with Crippen LogP contribution in [0.25, 0.3) is 6.08 Å². The van der Waals surface area contributed by atoms with Gasteiger partial charge in [-0.3, -0.25) is 0 Å². The summed E-state index contributed by atoms with van der Waals surface area (Å²) in [5.41, 5.74) is 3.50. The van der Waals surface area contributed by atoms with E-state index in [1.807, 2.05) is 19.1 Å². The Labute approximate surface area is 136 Å². The number of aromatic nitrogens is 1. The molecule has 0 N–H and O–H groups in total. The van der Waals surface area contributed by atoms with Gasteiger partial charge in [-0.2, -0.15) is 0 Å². The minimum Gasteiger partial charge on any atom is -0.654 e. The van der Waals surface area contributed by atoms with Crippen LogP contribution in [0.5, 0.6) is 0 Å². The number of fused-ring (bicyclic) bond motifs is 1. The van der Waals surface area contributed by atoms with E-state index >= 15 is 0 Å². The van der Waals surface area contributed by atoms with E-state index in [-0.39, 0.29) is 0 Å². The molecule has 23 heavy (non-hydrogen) atoms. The van der Waals surface area contributed by atoms with Gasteiger partial charge in [0, 0.05) is 12.1 Å². The zero-order valence-electron chi connectivity index (χ0n) is 13.1. The van der Waals surface area contributed by atoms with Gasteiger partial charge in [0.15, 0.2) is 5.69 Å². The van der Waals surface area contributed by atoms with Gasteiger partial charge >= 0.3 is 6.48 Å². The molecule has 1 aliphatic rings. The molecule has 2 heterocycles. The highest BCUT2D eigenvalue weighted by Crippen LogP contribution is 2.18. The molecule has 0 aliphatic carbocycles. The Morgan fingerprint density at radius 3 is 1.91 bits per heavy atom. The number of hydrogen-bond acceptors (Lipinski definition) is 1. The van der Waals surface area contributed by atoms with Crippen molar-refractivity contribution >= 4 is 23.5 Å². The predicted molar refractivity (Wildman–Crippen MR) is 94.7 cm³/mol. The lowest BCUT2D eigenvalue weighted by atomic mass is 9.40. The fourth-order valence-corrected chi connectivity index (χ4v) is 3.57. The molecule has 2 aromatic carbocycles. The van der Waals surface area contributed by atoms with Crippen LogP contribution in [0.2, 0.25) is 0 Å². The van der Waals surface area contributed by atoms with Gasteiger partial charge in [-0.15, -0.1) is 0 Å². The molecule has 112 valence electrons. The van der Waals surface area contributed by atoms with E-state index in [0.717, 1.165) is 11.5 Å². The van der Waals surface area contributed by atoms with Gasteiger partial charge in [0.2, 0.25) is 0 Å². The van der Waals surface area contributed by atoms with E-state index in [2.05, 4.69) is 83.5 Å². The van der Waals surface area contributed by atoms with Crippen molar-refractivity contribution in [3.63, 3.8) is 0 Å². The average molecular weight is 299 g/mol. The van der Waals surface area contributed by atoms with Crippen molar-refractivity contribution in [2.24, 2.45) is 0 Å². The molecule has 2 nitrogen and oxygen atoms in total. The summed E-state index contributed by atoms with van der Waals surface area (Å²) in [5, 5.41) is 0. The molecule has 0 bridgehead atoms. The number of pyridine rings is 1. The first kappa shape index (κ1) is 13.8. The molecule has 0 spiro atoms. The van der Waals surface area contributed by atoms with Gasteiger partial charge in [0.25, 0.3) is 0 Å². The summed E-state index contributed by atoms with van der Waals surface area (Å²) in [6, 6.07) is 27.2. The quantitative estimate of drug-likeness (QED) is 0.663. The molecular formula is C20H18BNO. The molecular weight excluding hydrogens is 281 g/mol. The topological polar surface area (TPSA) is 13.1 Å². The van der Waals surface area contributed by atoms with Gasteiger partial charge < -0.3 is 9.13 Å². The molecule has 0 unspecified atom stereocenters. The van der Waals surface area contributed by atoms with Gasteiger partial charge in [-0.05, 0) is 13.0 Å². The molecule has 4 rings (SSSR count). The Morgan fingerprint density at radius 2 is 1.30 bits per heavy atom. The second-order valence-electron chi connectivity index (χ2n) is 5.97. The summed E-state index contributed by atoms with van der Waals surface area (Å²) in [6.07, 6.45) is 4.20. The largest absolute Gasteiger partial charge is 0.654 e. The zero-order valence-corrected chi connectivity index (χ0v) is 13.1. The summed E-state index contributed by atoms with van der Waals surface area (Å²) < 4.78 is 8.82. The fraction of sp³-hybridized carbons (Fsp3) is 0.0500. The minimum atomic E-state index is -1.53. The van der Waals surface area contributed by atoms with Crippen molar-refractivity contribution in [3.05, 3.63) is 96.5 Å². The van der Waals surface area contributed by atoms with Gasteiger partial charge in [-0.25, -0.2) is 0 Å². The normalized spacial score (nSPS) is 15.3. The third kappa shape index (κ3) is 2.17. The first-order valence-corrected chi connectivity index (χ1v) is 7.94. The summed E-state index contributed by atoms with van der Waals surface area (Å²) >= 11 is 0. The maximum Gasteiger partial charge on any atom is 0.513 e. The highest BCUT2D eigenvalue weighted by Gasteiger charge is 2.47. The van der Waals surface area contributed by atoms with Crippen LogP contribution in [0.15, 0.2) is 90.8 Å². The lowest BCUT2D eigenvalue weighted by molar-refractivity contribution is -0.558. The van der Waals surface area contributed by atoms with Crippen molar-refractivity contribution in [1.82, 2.24) is 0 Å². The second-order valence-corrected chi connectivity index (χ2v) is 5.97. The van der Waals surface area contributed by atoms with Gasteiger partial charge in [-0.1, -0.05) is 77.7 Å². The molecule has 1 aromatic heterocycles. The van der Waals surface area contributed by atoms with Gasteiger partial charge in [0.05, 0.1) is 5.76 Å². The van der Waals surface area contributed by atoms with Crippen LogP contribution < -0.4 is 15.4 Å². The fourth-order valence-electron chi connectivity index (χ4n) is 3.57. The summed E-state index contributed by atoms with van der Waals surface area (Å²) in [7, 11) is 0. The van der Waals surface area contributed by atoms with E-state index in [1.54, 1.807) is 0 Å². The molecule has 0 saturated carbocycles. The zero-order chi connectivity index (χ0) is 15.7. The number of nitrogens with zero attached hydrogens (tertiary/aromatic N) is 1. The molecule has 3 heteroatoms. The second kappa shape index (κ2) is 5.43. The number of hydrogen-bond donors (Lipinski definition) is 0. The first-order valence-electron chi connectivity index (χ1n) is 7.94. The van der Waals surface area contributed by atoms with Crippen LogP contribution in [0.1, 0.15) is 12.6 Å². The van der Waals surface area contributed by atoms with Crippen molar-refractivity contribution in [3.8, 4) is 0 Å². The van der Waals surface area contributed by atoms with Crippen LogP contribution in [0.3, 0.4) is 0 Å². The van der Waals surface area contributed by atoms with Crippen molar-refractivity contribution in [2.75, 3.05) is 0 Å². The van der Waals surface area contributed by atoms with E-state index in [1.165, 1.54) is 10.9 Å². The molecule has 0 fully saturated rings. The van der Waals surface area contributed by atoms with Crippen LogP contribution in [-0.4, -0.2) is 6.48 Å². The highest BCUT2D eigenvalue weighted by atomic mass is 16.5. The van der Waals surface area contributed by atoms with E-state index in [4.69, 9.17) is 4.65 Å². The SMILES string of the molecule is CC1=Cc2cccc[n+]2[B-](c2ccccc2)(c2ccccc2)O1. The third-order valence-electron chi connectivity index (χ3n) is 4.53. The van der Waals surface area contributed by atoms with Crippen molar-refractivity contribution in [1.29, 1.82) is 0 Å². The van der Waals surface area contributed by atoms with E-state index in [9.17, 15) is 0 Å². The number of rotatable bonds is 2. The van der Waals surface area contributed by atoms with E-state index < -0.39 is 6.48 Å². The molecule has 0 atom stereocenters. The standard InChI is InChI=1S/C20H18BNO/c1-17-16-20-14-8-9-15-22(20)21(23-17,18-10-4-2-5-11-18)19-12-6-3-7-13-19/h2-16H,1H3. The Kier molecular flexibility index (Phi) is 3.27. The van der Waals surface area contributed by atoms with E-state index in [0.29, 0.717) is 0 Å². The molecule has 1 aliphatic heterocycles. The van der Waals surface area contributed by atoms with Crippen molar-refractivity contribution < 1.29 is 9.13 Å². The summed E-state index contributed by atoms with van der Waals surface area (Å²) in [4.78, 5) is 0. The monoisotopic (exact) mass is 299 g/mol.